The number of ether oxygens (including phenoxy) is 1. The van der Waals surface area contributed by atoms with Crippen LogP contribution in [-0.4, -0.2) is 41.4 Å². The van der Waals surface area contributed by atoms with Crippen molar-refractivity contribution >= 4 is 5.91 Å². The van der Waals surface area contributed by atoms with Gasteiger partial charge in [0.1, 0.15) is 5.54 Å². The van der Waals surface area contributed by atoms with E-state index in [0.29, 0.717) is 18.9 Å². The third kappa shape index (κ3) is 2.60. The molecule has 1 aliphatic carbocycles. The summed E-state index contributed by atoms with van der Waals surface area (Å²) in [6.07, 6.45) is 1.55. The average Bonchev–Trinajstić information content (AvgIpc) is 2.81. The first kappa shape index (κ1) is 16.7. The highest BCUT2D eigenvalue weighted by molar-refractivity contribution is 5.89. The Morgan fingerprint density at radius 1 is 1.52 bits per heavy atom. The Bertz CT molecular complexity index is 420. The Kier molecular flexibility index (Phi) is 4.15. The Balaban J connectivity index is 2.00. The van der Waals surface area contributed by atoms with Crippen LogP contribution in [0.25, 0.3) is 0 Å². The number of hydrogen-bond acceptors (Lipinski definition) is 4. The van der Waals surface area contributed by atoms with Crippen LogP contribution in [0.3, 0.4) is 0 Å². The molecular weight excluding hydrogens is 268 g/mol. The quantitative estimate of drug-likeness (QED) is 0.708. The van der Waals surface area contributed by atoms with Crippen molar-refractivity contribution in [3.05, 3.63) is 0 Å². The lowest BCUT2D eigenvalue weighted by Crippen LogP contribution is -2.80. The number of nitrogens with two attached hydrogens (primary N) is 1. The summed E-state index contributed by atoms with van der Waals surface area (Å²) >= 11 is 0. The second-order valence-electron chi connectivity index (χ2n) is 8.05. The molecule has 0 radical (unpaired) electrons. The van der Waals surface area contributed by atoms with E-state index in [2.05, 4.69) is 19.2 Å². The monoisotopic (exact) mass is 298 g/mol. The van der Waals surface area contributed by atoms with Crippen molar-refractivity contribution in [2.45, 2.75) is 64.7 Å². The minimum Gasteiger partial charge on any atom is -0.388 e. The molecule has 122 valence electrons. The van der Waals surface area contributed by atoms with Gasteiger partial charge in [-0.05, 0) is 25.7 Å². The van der Waals surface area contributed by atoms with Gasteiger partial charge in [0.25, 0.3) is 0 Å². The van der Waals surface area contributed by atoms with Crippen molar-refractivity contribution in [2.75, 3.05) is 13.2 Å². The van der Waals surface area contributed by atoms with Crippen LogP contribution < -0.4 is 11.1 Å². The summed E-state index contributed by atoms with van der Waals surface area (Å²) in [5.41, 5.74) is 4.29. The molecule has 1 amide bonds. The molecule has 2 rings (SSSR count). The minimum absolute atomic E-state index is 0.0735. The zero-order valence-electron chi connectivity index (χ0n) is 13.9. The van der Waals surface area contributed by atoms with Gasteiger partial charge in [-0.2, -0.15) is 0 Å². The van der Waals surface area contributed by atoms with Crippen molar-refractivity contribution in [3.8, 4) is 0 Å². The van der Waals surface area contributed by atoms with Gasteiger partial charge in [0.15, 0.2) is 0 Å². The van der Waals surface area contributed by atoms with Crippen molar-refractivity contribution in [1.29, 1.82) is 0 Å². The lowest BCUT2D eigenvalue weighted by Gasteiger charge is -2.60. The Morgan fingerprint density at radius 3 is 2.71 bits per heavy atom. The summed E-state index contributed by atoms with van der Waals surface area (Å²) in [6, 6.07) is 0. The van der Waals surface area contributed by atoms with Gasteiger partial charge in [0, 0.05) is 24.5 Å². The third-order valence-electron chi connectivity index (χ3n) is 5.31. The molecule has 4 N–H and O–H groups in total. The number of rotatable bonds is 5. The van der Waals surface area contributed by atoms with E-state index in [1.54, 1.807) is 6.92 Å². The smallest absolute Gasteiger partial charge is 0.241 e. The number of fused-ring (bicyclic) bond motifs is 1. The van der Waals surface area contributed by atoms with Gasteiger partial charge in [-0.25, -0.2) is 0 Å². The zero-order chi connectivity index (χ0) is 16.1. The largest absolute Gasteiger partial charge is 0.388 e. The molecule has 1 heterocycles. The van der Waals surface area contributed by atoms with Crippen LogP contribution in [0.1, 0.15) is 47.5 Å². The number of carbonyl (C=O) groups excluding carboxylic acids is 1. The molecule has 1 saturated heterocycles. The Labute approximate surface area is 127 Å². The fourth-order valence-corrected chi connectivity index (χ4v) is 4.21. The molecule has 2 aliphatic rings. The Morgan fingerprint density at radius 2 is 2.14 bits per heavy atom. The lowest BCUT2D eigenvalue weighted by atomic mass is 9.48. The van der Waals surface area contributed by atoms with E-state index in [0.717, 1.165) is 6.42 Å². The van der Waals surface area contributed by atoms with E-state index in [1.165, 1.54) is 0 Å². The van der Waals surface area contributed by atoms with E-state index < -0.39 is 11.1 Å². The fourth-order valence-electron chi connectivity index (χ4n) is 4.21. The van der Waals surface area contributed by atoms with Gasteiger partial charge in [-0.3, -0.25) is 4.79 Å². The molecule has 2 fully saturated rings. The van der Waals surface area contributed by atoms with E-state index in [1.807, 2.05) is 13.8 Å². The molecule has 0 aromatic carbocycles. The third-order valence-corrected chi connectivity index (χ3v) is 5.31. The maximum Gasteiger partial charge on any atom is 0.241 e. The van der Waals surface area contributed by atoms with Gasteiger partial charge in [-0.1, -0.05) is 27.7 Å². The summed E-state index contributed by atoms with van der Waals surface area (Å²) in [5, 5.41) is 13.2. The minimum atomic E-state index is -0.903. The summed E-state index contributed by atoms with van der Waals surface area (Å²) in [7, 11) is 0. The van der Waals surface area contributed by atoms with E-state index in [-0.39, 0.29) is 29.9 Å². The first-order chi connectivity index (χ1) is 9.52. The molecule has 0 spiro atoms. The lowest BCUT2D eigenvalue weighted by molar-refractivity contribution is -0.176. The van der Waals surface area contributed by atoms with E-state index in [4.69, 9.17) is 10.5 Å². The Hall–Kier alpha value is -0.650. The molecule has 4 atom stereocenters. The van der Waals surface area contributed by atoms with Crippen molar-refractivity contribution in [3.63, 3.8) is 0 Å². The first-order valence-electron chi connectivity index (χ1n) is 7.93. The molecule has 0 bridgehead atoms. The number of carbonyl (C=O) groups is 1. The molecular formula is C16H30N2O3. The van der Waals surface area contributed by atoms with Gasteiger partial charge in [-0.15, -0.1) is 0 Å². The normalized spacial score (nSPS) is 36.8. The first-order valence-corrected chi connectivity index (χ1v) is 7.93. The molecule has 5 nitrogen and oxygen atoms in total. The molecule has 0 aromatic heterocycles. The highest BCUT2D eigenvalue weighted by atomic mass is 16.5. The van der Waals surface area contributed by atoms with E-state index >= 15 is 0 Å². The highest BCUT2D eigenvalue weighted by Gasteiger charge is 2.71. The van der Waals surface area contributed by atoms with Crippen LogP contribution in [0.4, 0.5) is 0 Å². The molecule has 21 heavy (non-hydrogen) atoms. The van der Waals surface area contributed by atoms with Crippen LogP contribution in [0.15, 0.2) is 0 Å². The summed E-state index contributed by atoms with van der Waals surface area (Å²) < 4.78 is 5.70. The average molecular weight is 298 g/mol. The number of hydrogen-bond donors (Lipinski definition) is 3. The molecule has 0 aromatic rings. The molecule has 4 unspecified atom stereocenters. The zero-order valence-corrected chi connectivity index (χ0v) is 13.9. The van der Waals surface area contributed by atoms with Gasteiger partial charge < -0.3 is 20.9 Å². The maximum absolute atomic E-state index is 12.6. The fraction of sp³-hybridized carbons (Fsp3) is 0.938. The van der Waals surface area contributed by atoms with Crippen molar-refractivity contribution in [1.82, 2.24) is 5.32 Å². The van der Waals surface area contributed by atoms with Gasteiger partial charge in [0.2, 0.25) is 5.91 Å². The van der Waals surface area contributed by atoms with Crippen LogP contribution in [0.5, 0.6) is 0 Å². The van der Waals surface area contributed by atoms with Crippen molar-refractivity contribution in [2.24, 2.45) is 23.0 Å². The van der Waals surface area contributed by atoms with Crippen LogP contribution in [0, 0.1) is 17.3 Å². The summed E-state index contributed by atoms with van der Waals surface area (Å²) in [6.45, 7) is 10.8. The maximum atomic E-state index is 12.6. The standard InChI is InChI=1S/C16H30N2O3/c1-10(2)8-15(5,20)9-18-13(19)16(17)11-6-7-21-12(11)14(16,3)4/h10-12,20H,6-9,17H2,1-5H3,(H,18,19). The predicted molar refractivity (Wildman–Crippen MR) is 81.6 cm³/mol. The second kappa shape index (κ2) is 5.21. The number of nitrogens with one attached hydrogen (secondary N) is 1. The molecule has 5 heteroatoms. The van der Waals surface area contributed by atoms with Gasteiger partial charge >= 0.3 is 0 Å². The van der Waals surface area contributed by atoms with E-state index in [9.17, 15) is 9.90 Å². The topological polar surface area (TPSA) is 84.6 Å². The second-order valence-corrected chi connectivity index (χ2v) is 8.05. The number of aliphatic hydroxyl groups is 1. The van der Waals surface area contributed by atoms with Crippen LogP contribution in [-0.2, 0) is 9.53 Å². The highest BCUT2D eigenvalue weighted by Crippen LogP contribution is 2.58. The van der Waals surface area contributed by atoms with Crippen molar-refractivity contribution < 1.29 is 14.6 Å². The molecule has 1 aliphatic heterocycles. The summed E-state index contributed by atoms with van der Waals surface area (Å²) in [5.74, 6) is 0.294. The molecule has 1 saturated carbocycles. The van der Waals surface area contributed by atoms with Crippen LogP contribution >= 0.6 is 0 Å². The predicted octanol–water partition coefficient (Wildman–Crippen LogP) is 1.04. The number of amides is 1. The summed E-state index contributed by atoms with van der Waals surface area (Å²) in [4.78, 5) is 12.6. The van der Waals surface area contributed by atoms with Gasteiger partial charge in [0.05, 0.1) is 11.7 Å². The van der Waals surface area contributed by atoms with Crippen LogP contribution in [0.2, 0.25) is 0 Å². The SMILES string of the molecule is CC(C)CC(C)(O)CNC(=O)C1(N)C2CCOC2C1(C)C.